The SMILES string of the molecule is CCC(NC(=O)CCC1CCNCC1)C(=O)OC. The van der Waals surface area contributed by atoms with E-state index < -0.39 is 6.04 Å². The third-order valence-electron chi connectivity index (χ3n) is 3.47. The van der Waals surface area contributed by atoms with Gasteiger partial charge >= 0.3 is 5.97 Å². The van der Waals surface area contributed by atoms with Crippen LogP contribution in [-0.4, -0.2) is 38.1 Å². The van der Waals surface area contributed by atoms with Gasteiger partial charge in [-0.3, -0.25) is 4.79 Å². The maximum absolute atomic E-state index is 11.7. The summed E-state index contributed by atoms with van der Waals surface area (Å²) in [5.74, 6) is 0.216. The van der Waals surface area contributed by atoms with Crippen LogP contribution < -0.4 is 10.6 Å². The number of hydrogen-bond donors (Lipinski definition) is 2. The molecule has 104 valence electrons. The van der Waals surface area contributed by atoms with Crippen LogP contribution in [-0.2, 0) is 14.3 Å². The van der Waals surface area contributed by atoms with Gasteiger partial charge in [0.25, 0.3) is 0 Å². The summed E-state index contributed by atoms with van der Waals surface area (Å²) in [6.07, 6.45) is 4.25. The molecule has 1 fully saturated rings. The number of hydrogen-bond acceptors (Lipinski definition) is 4. The monoisotopic (exact) mass is 256 g/mol. The van der Waals surface area contributed by atoms with Crippen LogP contribution >= 0.6 is 0 Å². The van der Waals surface area contributed by atoms with E-state index in [1.807, 2.05) is 6.92 Å². The molecule has 18 heavy (non-hydrogen) atoms. The van der Waals surface area contributed by atoms with Gasteiger partial charge in [-0.1, -0.05) is 6.92 Å². The molecule has 1 atom stereocenters. The van der Waals surface area contributed by atoms with Crippen molar-refractivity contribution in [1.29, 1.82) is 0 Å². The Morgan fingerprint density at radius 1 is 1.39 bits per heavy atom. The first kappa shape index (κ1) is 15.0. The summed E-state index contributed by atoms with van der Waals surface area (Å²) in [7, 11) is 1.34. The molecule has 1 saturated heterocycles. The first-order valence-corrected chi connectivity index (χ1v) is 6.75. The fourth-order valence-electron chi connectivity index (χ4n) is 2.24. The van der Waals surface area contributed by atoms with Crippen molar-refractivity contribution in [3.63, 3.8) is 0 Å². The number of piperidine rings is 1. The number of carbonyl (C=O) groups is 2. The highest BCUT2D eigenvalue weighted by atomic mass is 16.5. The lowest BCUT2D eigenvalue weighted by molar-refractivity contribution is -0.145. The van der Waals surface area contributed by atoms with Gasteiger partial charge in [0.15, 0.2) is 0 Å². The predicted molar refractivity (Wildman–Crippen MR) is 69.1 cm³/mol. The maximum Gasteiger partial charge on any atom is 0.328 e. The Morgan fingerprint density at radius 2 is 2.06 bits per heavy atom. The van der Waals surface area contributed by atoms with E-state index in [0.29, 0.717) is 18.8 Å². The molecular weight excluding hydrogens is 232 g/mol. The number of rotatable bonds is 6. The number of esters is 1. The van der Waals surface area contributed by atoms with E-state index in [-0.39, 0.29) is 11.9 Å². The largest absolute Gasteiger partial charge is 0.467 e. The van der Waals surface area contributed by atoms with E-state index in [1.165, 1.54) is 7.11 Å². The van der Waals surface area contributed by atoms with Crippen LogP contribution in [0.15, 0.2) is 0 Å². The molecule has 1 heterocycles. The Morgan fingerprint density at radius 3 is 2.61 bits per heavy atom. The summed E-state index contributed by atoms with van der Waals surface area (Å²) >= 11 is 0. The summed E-state index contributed by atoms with van der Waals surface area (Å²) in [6, 6.07) is -0.504. The van der Waals surface area contributed by atoms with Crippen molar-refractivity contribution in [2.75, 3.05) is 20.2 Å². The number of amides is 1. The normalized spacial score (nSPS) is 18.1. The third-order valence-corrected chi connectivity index (χ3v) is 3.47. The summed E-state index contributed by atoms with van der Waals surface area (Å²) in [4.78, 5) is 23.1. The van der Waals surface area contributed by atoms with Crippen LogP contribution in [0.5, 0.6) is 0 Å². The lowest BCUT2D eigenvalue weighted by Crippen LogP contribution is -2.41. The molecule has 5 heteroatoms. The van der Waals surface area contributed by atoms with Crippen LogP contribution in [0, 0.1) is 5.92 Å². The fourth-order valence-corrected chi connectivity index (χ4v) is 2.24. The van der Waals surface area contributed by atoms with Gasteiger partial charge in [-0.15, -0.1) is 0 Å². The van der Waals surface area contributed by atoms with E-state index in [0.717, 1.165) is 32.4 Å². The second-order valence-corrected chi connectivity index (χ2v) is 4.78. The van der Waals surface area contributed by atoms with Gasteiger partial charge in [0.2, 0.25) is 5.91 Å². The molecule has 0 bridgehead atoms. The summed E-state index contributed by atoms with van der Waals surface area (Å²) in [5.41, 5.74) is 0. The summed E-state index contributed by atoms with van der Waals surface area (Å²) in [5, 5.41) is 6.03. The second kappa shape index (κ2) is 8.08. The Labute approximate surface area is 109 Å². The fraction of sp³-hybridized carbons (Fsp3) is 0.846. The molecule has 2 N–H and O–H groups in total. The highest BCUT2D eigenvalue weighted by Gasteiger charge is 2.20. The molecule has 0 spiro atoms. The summed E-state index contributed by atoms with van der Waals surface area (Å²) in [6.45, 7) is 3.95. The zero-order valence-electron chi connectivity index (χ0n) is 11.3. The number of nitrogens with one attached hydrogen (secondary N) is 2. The average Bonchev–Trinajstić information content (AvgIpc) is 2.42. The van der Waals surface area contributed by atoms with E-state index in [1.54, 1.807) is 0 Å². The van der Waals surface area contributed by atoms with Gasteiger partial charge in [0.05, 0.1) is 7.11 Å². The minimum absolute atomic E-state index is 0.0502. The van der Waals surface area contributed by atoms with E-state index in [2.05, 4.69) is 15.4 Å². The van der Waals surface area contributed by atoms with Gasteiger partial charge in [-0.25, -0.2) is 4.79 Å². The quantitative estimate of drug-likeness (QED) is 0.691. The molecule has 0 saturated carbocycles. The van der Waals surface area contributed by atoms with E-state index in [4.69, 9.17) is 0 Å². The van der Waals surface area contributed by atoms with Crippen molar-refractivity contribution in [2.24, 2.45) is 5.92 Å². The zero-order chi connectivity index (χ0) is 13.4. The van der Waals surface area contributed by atoms with Gasteiger partial charge in [0, 0.05) is 6.42 Å². The first-order valence-electron chi connectivity index (χ1n) is 6.75. The van der Waals surface area contributed by atoms with Crippen molar-refractivity contribution >= 4 is 11.9 Å². The van der Waals surface area contributed by atoms with Gasteiger partial charge in [-0.2, -0.15) is 0 Å². The standard InChI is InChI=1S/C13H24N2O3/c1-3-11(13(17)18-2)15-12(16)5-4-10-6-8-14-9-7-10/h10-11,14H,3-9H2,1-2H3,(H,15,16). The number of carbonyl (C=O) groups excluding carboxylic acids is 2. The van der Waals surface area contributed by atoms with Gasteiger partial charge in [0.1, 0.15) is 6.04 Å². The lowest BCUT2D eigenvalue weighted by atomic mass is 9.93. The highest BCUT2D eigenvalue weighted by Crippen LogP contribution is 2.17. The molecule has 0 aromatic carbocycles. The molecule has 1 unspecified atom stereocenters. The second-order valence-electron chi connectivity index (χ2n) is 4.78. The molecule has 1 amide bonds. The first-order chi connectivity index (χ1) is 8.67. The van der Waals surface area contributed by atoms with Crippen molar-refractivity contribution in [2.45, 2.75) is 45.1 Å². The Kier molecular flexibility index (Phi) is 6.72. The molecule has 1 aliphatic rings. The molecule has 1 rings (SSSR count). The topological polar surface area (TPSA) is 67.4 Å². The van der Waals surface area contributed by atoms with Crippen molar-refractivity contribution in [1.82, 2.24) is 10.6 Å². The average molecular weight is 256 g/mol. The molecule has 5 nitrogen and oxygen atoms in total. The maximum atomic E-state index is 11.7. The molecule has 0 aromatic rings. The van der Waals surface area contributed by atoms with Crippen molar-refractivity contribution in [3.05, 3.63) is 0 Å². The predicted octanol–water partition coefficient (Wildman–Crippen LogP) is 0.834. The Bertz CT molecular complexity index is 275. The number of ether oxygens (including phenoxy) is 1. The molecule has 0 aromatic heterocycles. The summed E-state index contributed by atoms with van der Waals surface area (Å²) < 4.78 is 4.64. The minimum atomic E-state index is -0.504. The van der Waals surface area contributed by atoms with E-state index >= 15 is 0 Å². The molecule has 0 radical (unpaired) electrons. The van der Waals surface area contributed by atoms with Crippen molar-refractivity contribution in [3.8, 4) is 0 Å². The Balaban J connectivity index is 2.25. The molecular formula is C13H24N2O3. The van der Waals surface area contributed by atoms with Gasteiger partial charge < -0.3 is 15.4 Å². The third kappa shape index (κ3) is 5.04. The smallest absolute Gasteiger partial charge is 0.328 e. The van der Waals surface area contributed by atoms with Crippen LogP contribution in [0.25, 0.3) is 0 Å². The zero-order valence-corrected chi connectivity index (χ0v) is 11.3. The molecule has 0 aliphatic carbocycles. The molecule has 1 aliphatic heterocycles. The number of methoxy groups -OCH3 is 1. The Hall–Kier alpha value is -1.10. The van der Waals surface area contributed by atoms with Crippen LogP contribution in [0.1, 0.15) is 39.0 Å². The van der Waals surface area contributed by atoms with Crippen LogP contribution in [0.3, 0.4) is 0 Å². The van der Waals surface area contributed by atoms with Crippen molar-refractivity contribution < 1.29 is 14.3 Å². The van der Waals surface area contributed by atoms with E-state index in [9.17, 15) is 9.59 Å². The van der Waals surface area contributed by atoms with Crippen LogP contribution in [0.2, 0.25) is 0 Å². The minimum Gasteiger partial charge on any atom is -0.467 e. The lowest BCUT2D eigenvalue weighted by Gasteiger charge is -2.22. The van der Waals surface area contributed by atoms with Crippen LogP contribution in [0.4, 0.5) is 0 Å². The van der Waals surface area contributed by atoms with Gasteiger partial charge in [-0.05, 0) is 44.7 Å². The highest BCUT2D eigenvalue weighted by molar-refractivity contribution is 5.84.